The molecule has 0 atom stereocenters. The predicted octanol–water partition coefficient (Wildman–Crippen LogP) is 7.47. The first-order valence-electron chi connectivity index (χ1n) is 13.9. The maximum absolute atomic E-state index is 14.5. The zero-order chi connectivity index (χ0) is 30.1. The Morgan fingerprint density at radius 3 is 2.40 bits per heavy atom. The van der Waals surface area contributed by atoms with Gasteiger partial charge in [0.05, 0.1) is 57.5 Å². The molecule has 0 bridgehead atoms. The van der Waals surface area contributed by atoms with Gasteiger partial charge in [-0.2, -0.15) is 0 Å². The number of halogens is 4. The van der Waals surface area contributed by atoms with Gasteiger partial charge in [-0.1, -0.05) is 0 Å². The molecule has 3 aliphatic rings. The fourth-order valence-corrected chi connectivity index (χ4v) is 5.45. The van der Waals surface area contributed by atoms with Gasteiger partial charge in [0, 0.05) is 24.6 Å². The second kappa shape index (κ2) is 11.6. The molecular formula is C32H29F4N5O2. The summed E-state index contributed by atoms with van der Waals surface area (Å²) in [4.78, 5) is 14.4. The fourth-order valence-electron chi connectivity index (χ4n) is 5.45. The Labute approximate surface area is 245 Å². The van der Waals surface area contributed by atoms with Gasteiger partial charge in [0.15, 0.2) is 0 Å². The maximum atomic E-state index is 14.5. The van der Waals surface area contributed by atoms with E-state index >= 15 is 0 Å². The summed E-state index contributed by atoms with van der Waals surface area (Å²) in [6, 6.07) is 17.4. The number of pyridine rings is 1. The number of benzene rings is 3. The molecule has 0 saturated heterocycles. The van der Waals surface area contributed by atoms with Crippen LogP contribution in [0, 0.1) is 12.7 Å². The topological polar surface area (TPSA) is 73.6 Å². The lowest BCUT2D eigenvalue weighted by atomic mass is 9.93. The SMILES string of the molecule is COC1CCC(N=c2cc3n(-c4ccc(OC(F)(F)F)cc4)c4cc(F)ccc4nc-3cc2Nc2ccc(C)nc2)CC1. The van der Waals surface area contributed by atoms with E-state index in [1.165, 1.54) is 36.4 Å². The van der Waals surface area contributed by atoms with Crippen molar-refractivity contribution >= 4 is 22.4 Å². The molecule has 0 spiro atoms. The lowest BCUT2D eigenvalue weighted by Crippen LogP contribution is -2.25. The van der Waals surface area contributed by atoms with Gasteiger partial charge >= 0.3 is 6.36 Å². The Balaban J connectivity index is 1.55. The number of aryl methyl sites for hydroxylation is 1. The molecular weight excluding hydrogens is 562 g/mol. The number of alkyl halides is 3. The normalized spacial score (nSPS) is 17.9. The summed E-state index contributed by atoms with van der Waals surface area (Å²) in [6.07, 6.45) is 0.684. The largest absolute Gasteiger partial charge is 0.573 e. The van der Waals surface area contributed by atoms with Crippen molar-refractivity contribution in [1.82, 2.24) is 14.5 Å². The third-order valence-electron chi connectivity index (χ3n) is 7.57. The van der Waals surface area contributed by atoms with Crippen LogP contribution in [0.4, 0.5) is 28.9 Å². The Morgan fingerprint density at radius 1 is 0.953 bits per heavy atom. The molecule has 1 aromatic heterocycles. The van der Waals surface area contributed by atoms with Crippen LogP contribution >= 0.6 is 0 Å². The van der Waals surface area contributed by atoms with Crippen LogP contribution in [0.5, 0.6) is 5.75 Å². The highest BCUT2D eigenvalue weighted by Gasteiger charge is 2.31. The number of hydrogen-bond acceptors (Lipinski definition) is 6. The van der Waals surface area contributed by atoms with Gasteiger partial charge in [0.2, 0.25) is 0 Å². The molecule has 0 amide bonds. The molecule has 222 valence electrons. The van der Waals surface area contributed by atoms with E-state index in [1.807, 2.05) is 31.2 Å². The Hall–Kier alpha value is -4.51. The summed E-state index contributed by atoms with van der Waals surface area (Å²) in [5.41, 5.74) is 5.05. The predicted molar refractivity (Wildman–Crippen MR) is 155 cm³/mol. The minimum Gasteiger partial charge on any atom is -0.406 e. The molecule has 11 heteroatoms. The van der Waals surface area contributed by atoms with E-state index in [0.717, 1.165) is 42.8 Å². The second-order valence-corrected chi connectivity index (χ2v) is 10.6. The lowest BCUT2D eigenvalue weighted by molar-refractivity contribution is -0.274. The van der Waals surface area contributed by atoms with Crippen molar-refractivity contribution in [2.45, 2.75) is 51.1 Å². The van der Waals surface area contributed by atoms with Crippen molar-refractivity contribution in [3.8, 4) is 22.8 Å². The minimum absolute atomic E-state index is 0.0682. The summed E-state index contributed by atoms with van der Waals surface area (Å²) in [6.45, 7) is 1.91. The summed E-state index contributed by atoms with van der Waals surface area (Å²) in [7, 11) is 1.73. The average Bonchev–Trinajstić information content (AvgIpc) is 2.98. The van der Waals surface area contributed by atoms with Crippen LogP contribution in [-0.2, 0) is 4.74 Å². The van der Waals surface area contributed by atoms with Gasteiger partial charge in [0.25, 0.3) is 0 Å². The smallest absolute Gasteiger partial charge is 0.406 e. The van der Waals surface area contributed by atoms with E-state index in [9.17, 15) is 17.6 Å². The molecule has 1 aliphatic heterocycles. The molecule has 0 unspecified atom stereocenters. The van der Waals surface area contributed by atoms with Crippen LogP contribution in [0.2, 0.25) is 0 Å². The highest BCUT2D eigenvalue weighted by molar-refractivity contribution is 5.84. The summed E-state index contributed by atoms with van der Waals surface area (Å²) in [5, 5.41) is 4.11. The average molecular weight is 592 g/mol. The second-order valence-electron chi connectivity index (χ2n) is 10.6. The molecule has 1 saturated carbocycles. The van der Waals surface area contributed by atoms with E-state index in [-0.39, 0.29) is 17.9 Å². The van der Waals surface area contributed by atoms with E-state index in [2.05, 4.69) is 15.0 Å². The third kappa shape index (κ3) is 6.46. The van der Waals surface area contributed by atoms with Gasteiger partial charge in [-0.3, -0.25) is 9.98 Å². The number of hydrogen-bond donors (Lipinski definition) is 1. The molecule has 1 N–H and O–H groups in total. The standard InChI is InChI=1S/C32H29F4N5O2/c1-19-3-5-22(18-37-19)39-27-16-29-31(17-28(27)38-21-6-10-24(42-2)11-7-21)41(30-15-20(33)4-14-26(30)40-29)23-8-12-25(13-9-23)43-32(34,35)36/h3-5,8-9,12-18,21,24,39H,6-7,10-11H2,1-2H3. The van der Waals surface area contributed by atoms with Crippen LogP contribution in [0.25, 0.3) is 28.1 Å². The number of anilines is 2. The van der Waals surface area contributed by atoms with Gasteiger partial charge in [-0.15, -0.1) is 13.2 Å². The van der Waals surface area contributed by atoms with Crippen LogP contribution in [-0.4, -0.2) is 40.2 Å². The summed E-state index contributed by atoms with van der Waals surface area (Å²) in [5.74, 6) is -0.823. The van der Waals surface area contributed by atoms with Crippen LogP contribution in [0.3, 0.4) is 0 Å². The molecule has 0 radical (unpaired) electrons. The number of fused-ring (bicyclic) bond motifs is 2. The molecule has 2 heterocycles. The number of ether oxygens (including phenoxy) is 2. The lowest BCUT2D eigenvalue weighted by Gasteiger charge is -2.25. The molecule has 2 aromatic carbocycles. The first kappa shape index (κ1) is 28.6. The number of nitrogens with one attached hydrogen (secondary N) is 1. The van der Waals surface area contributed by atoms with E-state index in [1.54, 1.807) is 23.9 Å². The van der Waals surface area contributed by atoms with E-state index in [4.69, 9.17) is 14.7 Å². The monoisotopic (exact) mass is 591 g/mol. The number of rotatable bonds is 6. The minimum atomic E-state index is -4.82. The first-order valence-corrected chi connectivity index (χ1v) is 13.9. The third-order valence-corrected chi connectivity index (χ3v) is 7.57. The van der Waals surface area contributed by atoms with Gasteiger partial charge in [-0.25, -0.2) is 9.37 Å². The Morgan fingerprint density at radius 2 is 1.72 bits per heavy atom. The van der Waals surface area contributed by atoms with Gasteiger partial charge in [0.1, 0.15) is 11.6 Å². The molecule has 2 aliphatic carbocycles. The quantitative estimate of drug-likeness (QED) is 0.164. The van der Waals surface area contributed by atoms with Crippen molar-refractivity contribution in [1.29, 1.82) is 0 Å². The number of nitrogens with zero attached hydrogens (tertiary/aromatic N) is 4. The number of methoxy groups -OCH3 is 1. The van der Waals surface area contributed by atoms with Crippen molar-refractivity contribution in [3.63, 3.8) is 0 Å². The van der Waals surface area contributed by atoms with Crippen molar-refractivity contribution in [2.75, 3.05) is 12.4 Å². The molecule has 43 heavy (non-hydrogen) atoms. The van der Waals surface area contributed by atoms with Crippen LogP contribution in [0.1, 0.15) is 31.4 Å². The Bertz CT molecular complexity index is 1780. The zero-order valence-electron chi connectivity index (χ0n) is 23.5. The van der Waals surface area contributed by atoms with Crippen molar-refractivity contribution in [3.05, 3.63) is 89.8 Å². The molecule has 6 rings (SSSR count). The van der Waals surface area contributed by atoms with Gasteiger partial charge in [-0.05, 0) is 93.3 Å². The summed E-state index contributed by atoms with van der Waals surface area (Å²) >= 11 is 0. The van der Waals surface area contributed by atoms with Gasteiger partial charge < -0.3 is 19.4 Å². The zero-order valence-corrected chi connectivity index (χ0v) is 23.5. The summed E-state index contributed by atoms with van der Waals surface area (Å²) < 4.78 is 64.4. The molecule has 7 nitrogen and oxygen atoms in total. The van der Waals surface area contributed by atoms with Crippen LogP contribution < -0.4 is 15.4 Å². The van der Waals surface area contributed by atoms with E-state index in [0.29, 0.717) is 33.5 Å². The van der Waals surface area contributed by atoms with Crippen molar-refractivity contribution < 1.29 is 27.0 Å². The first-order chi connectivity index (χ1) is 20.6. The highest BCUT2D eigenvalue weighted by Crippen LogP contribution is 2.33. The maximum Gasteiger partial charge on any atom is 0.573 e. The van der Waals surface area contributed by atoms with Crippen LogP contribution in [0.15, 0.2) is 77.9 Å². The van der Waals surface area contributed by atoms with E-state index < -0.39 is 12.2 Å². The number of aromatic nitrogens is 3. The Kier molecular flexibility index (Phi) is 7.74. The molecule has 1 fully saturated rings. The van der Waals surface area contributed by atoms with Crippen molar-refractivity contribution in [2.24, 2.45) is 4.99 Å². The highest BCUT2D eigenvalue weighted by atomic mass is 19.4. The fraction of sp³-hybridized carbons (Fsp3) is 0.281. The molecule has 3 aromatic rings.